The lowest BCUT2D eigenvalue weighted by Crippen LogP contribution is -2.20. The van der Waals surface area contributed by atoms with Crippen molar-refractivity contribution in [2.75, 3.05) is 20.3 Å². The molecule has 18 heavy (non-hydrogen) atoms. The molecule has 0 aromatic heterocycles. The van der Waals surface area contributed by atoms with Crippen molar-refractivity contribution in [3.63, 3.8) is 0 Å². The topological polar surface area (TPSA) is 44.5 Å². The van der Waals surface area contributed by atoms with Crippen LogP contribution in [0.15, 0.2) is 18.2 Å². The fourth-order valence-corrected chi connectivity index (χ4v) is 1.65. The molecular formula is C15H25NO2. The van der Waals surface area contributed by atoms with E-state index in [1.807, 2.05) is 18.2 Å². The van der Waals surface area contributed by atoms with E-state index in [2.05, 4.69) is 27.7 Å². The fraction of sp³-hybridized carbons (Fsp3) is 0.600. The van der Waals surface area contributed by atoms with Crippen molar-refractivity contribution >= 4 is 0 Å². The van der Waals surface area contributed by atoms with Gasteiger partial charge in [0.25, 0.3) is 0 Å². The van der Waals surface area contributed by atoms with Gasteiger partial charge in [-0.3, -0.25) is 0 Å². The molecule has 0 aliphatic carbocycles. The van der Waals surface area contributed by atoms with Gasteiger partial charge in [-0.2, -0.15) is 0 Å². The summed E-state index contributed by atoms with van der Waals surface area (Å²) in [6.07, 6.45) is 0. The minimum atomic E-state index is 0.0236. The molecule has 1 aromatic rings. The Hall–Kier alpha value is -1.22. The monoisotopic (exact) mass is 251 g/mol. The summed E-state index contributed by atoms with van der Waals surface area (Å²) in [4.78, 5) is 0. The van der Waals surface area contributed by atoms with Gasteiger partial charge in [0.2, 0.25) is 0 Å². The number of rotatable bonds is 5. The molecule has 1 atom stereocenters. The van der Waals surface area contributed by atoms with Crippen molar-refractivity contribution in [1.29, 1.82) is 0 Å². The summed E-state index contributed by atoms with van der Waals surface area (Å²) >= 11 is 0. The SMILES string of the molecule is COc1ccc(OCC(C)CN)c(C(C)(C)C)c1. The zero-order chi connectivity index (χ0) is 13.8. The first-order chi connectivity index (χ1) is 8.38. The molecule has 0 amide bonds. The third kappa shape index (κ3) is 3.91. The molecule has 0 aliphatic rings. The number of hydrogen-bond acceptors (Lipinski definition) is 3. The van der Waals surface area contributed by atoms with Crippen molar-refractivity contribution in [2.45, 2.75) is 33.1 Å². The first-order valence-corrected chi connectivity index (χ1v) is 6.40. The average Bonchev–Trinajstić information content (AvgIpc) is 2.34. The Morgan fingerprint density at radius 3 is 2.44 bits per heavy atom. The minimum absolute atomic E-state index is 0.0236. The Balaban J connectivity index is 2.96. The third-order valence-electron chi connectivity index (χ3n) is 2.92. The highest BCUT2D eigenvalue weighted by Crippen LogP contribution is 2.34. The van der Waals surface area contributed by atoms with Crippen LogP contribution in [0.1, 0.15) is 33.3 Å². The van der Waals surface area contributed by atoms with Crippen molar-refractivity contribution < 1.29 is 9.47 Å². The van der Waals surface area contributed by atoms with E-state index in [0.717, 1.165) is 17.1 Å². The lowest BCUT2D eigenvalue weighted by Gasteiger charge is -2.24. The standard InChI is InChI=1S/C15H25NO2/c1-11(9-16)10-18-14-7-6-12(17-5)8-13(14)15(2,3)4/h6-8,11H,9-10,16H2,1-5H3. The molecule has 0 saturated carbocycles. The summed E-state index contributed by atoms with van der Waals surface area (Å²) in [5, 5.41) is 0. The van der Waals surface area contributed by atoms with Crippen LogP contribution in [0, 0.1) is 5.92 Å². The van der Waals surface area contributed by atoms with Gasteiger partial charge in [-0.1, -0.05) is 27.7 Å². The molecule has 102 valence electrons. The number of methoxy groups -OCH3 is 1. The fourth-order valence-electron chi connectivity index (χ4n) is 1.65. The molecule has 2 N–H and O–H groups in total. The van der Waals surface area contributed by atoms with Gasteiger partial charge in [0, 0.05) is 11.5 Å². The predicted octanol–water partition coefficient (Wildman–Crippen LogP) is 2.97. The molecule has 0 spiro atoms. The molecule has 3 heteroatoms. The van der Waals surface area contributed by atoms with Crippen LogP contribution < -0.4 is 15.2 Å². The Morgan fingerprint density at radius 1 is 1.28 bits per heavy atom. The van der Waals surface area contributed by atoms with Crippen molar-refractivity contribution in [3.05, 3.63) is 23.8 Å². The molecule has 0 radical (unpaired) electrons. The maximum Gasteiger partial charge on any atom is 0.123 e. The van der Waals surface area contributed by atoms with E-state index in [-0.39, 0.29) is 5.41 Å². The van der Waals surface area contributed by atoms with Crippen LogP contribution in [0.25, 0.3) is 0 Å². The van der Waals surface area contributed by atoms with Crippen molar-refractivity contribution in [3.8, 4) is 11.5 Å². The summed E-state index contributed by atoms with van der Waals surface area (Å²) in [6.45, 7) is 9.87. The summed E-state index contributed by atoms with van der Waals surface area (Å²) in [6, 6.07) is 5.95. The van der Waals surface area contributed by atoms with Gasteiger partial charge < -0.3 is 15.2 Å². The van der Waals surface area contributed by atoms with E-state index in [1.54, 1.807) is 7.11 Å². The smallest absolute Gasteiger partial charge is 0.123 e. The molecule has 0 heterocycles. The zero-order valence-electron chi connectivity index (χ0n) is 12.1. The highest BCUT2D eigenvalue weighted by Gasteiger charge is 2.20. The summed E-state index contributed by atoms with van der Waals surface area (Å²) in [5.41, 5.74) is 6.79. The van der Waals surface area contributed by atoms with E-state index in [9.17, 15) is 0 Å². The maximum absolute atomic E-state index is 5.88. The highest BCUT2D eigenvalue weighted by atomic mass is 16.5. The molecule has 1 aromatic carbocycles. The molecule has 0 saturated heterocycles. The lowest BCUT2D eigenvalue weighted by atomic mass is 9.86. The summed E-state index contributed by atoms with van der Waals surface area (Å²) in [5.74, 6) is 2.14. The highest BCUT2D eigenvalue weighted by molar-refractivity contribution is 5.44. The van der Waals surface area contributed by atoms with Crippen molar-refractivity contribution in [2.24, 2.45) is 11.7 Å². The second-order valence-corrected chi connectivity index (χ2v) is 5.76. The summed E-state index contributed by atoms with van der Waals surface area (Å²) in [7, 11) is 1.68. The molecule has 1 rings (SSSR count). The molecule has 1 unspecified atom stereocenters. The zero-order valence-corrected chi connectivity index (χ0v) is 12.1. The van der Waals surface area contributed by atoms with Crippen LogP contribution in [-0.4, -0.2) is 20.3 Å². The number of benzene rings is 1. The first kappa shape index (κ1) is 14.8. The van der Waals surface area contributed by atoms with Gasteiger partial charge in [0.1, 0.15) is 11.5 Å². The number of ether oxygens (including phenoxy) is 2. The Kier molecular flexibility index (Phi) is 5.03. The van der Waals surface area contributed by atoms with Gasteiger partial charge in [0.15, 0.2) is 0 Å². The second-order valence-electron chi connectivity index (χ2n) is 5.76. The first-order valence-electron chi connectivity index (χ1n) is 6.40. The maximum atomic E-state index is 5.88. The second kappa shape index (κ2) is 6.10. The van der Waals surface area contributed by atoms with Gasteiger partial charge >= 0.3 is 0 Å². The van der Waals surface area contributed by atoms with Crippen LogP contribution in [0.4, 0.5) is 0 Å². The Morgan fingerprint density at radius 2 is 1.94 bits per heavy atom. The molecule has 0 aliphatic heterocycles. The van der Waals surface area contributed by atoms with E-state index in [4.69, 9.17) is 15.2 Å². The largest absolute Gasteiger partial charge is 0.497 e. The van der Waals surface area contributed by atoms with Gasteiger partial charge in [-0.15, -0.1) is 0 Å². The Labute approximate surface area is 110 Å². The molecule has 0 fully saturated rings. The van der Waals surface area contributed by atoms with E-state index >= 15 is 0 Å². The minimum Gasteiger partial charge on any atom is -0.497 e. The van der Waals surface area contributed by atoms with Crippen molar-refractivity contribution in [1.82, 2.24) is 0 Å². The molecule has 3 nitrogen and oxygen atoms in total. The van der Waals surface area contributed by atoms with Crippen LogP contribution in [0.5, 0.6) is 11.5 Å². The van der Waals surface area contributed by atoms with Gasteiger partial charge in [0.05, 0.1) is 13.7 Å². The normalized spacial score (nSPS) is 13.2. The van der Waals surface area contributed by atoms with Crippen LogP contribution in [-0.2, 0) is 5.41 Å². The van der Waals surface area contributed by atoms with Gasteiger partial charge in [-0.25, -0.2) is 0 Å². The van der Waals surface area contributed by atoms with E-state index in [1.165, 1.54) is 0 Å². The average molecular weight is 251 g/mol. The van der Waals surface area contributed by atoms with Crippen LogP contribution in [0.2, 0.25) is 0 Å². The third-order valence-corrected chi connectivity index (χ3v) is 2.92. The number of hydrogen-bond donors (Lipinski definition) is 1. The Bertz CT molecular complexity index is 383. The molecule has 0 bridgehead atoms. The van der Waals surface area contributed by atoms with E-state index < -0.39 is 0 Å². The van der Waals surface area contributed by atoms with Crippen LogP contribution >= 0.6 is 0 Å². The predicted molar refractivity (Wildman–Crippen MR) is 75.4 cm³/mol. The molecular weight excluding hydrogens is 226 g/mol. The number of nitrogens with two attached hydrogens (primary N) is 1. The van der Waals surface area contributed by atoms with Crippen LogP contribution in [0.3, 0.4) is 0 Å². The lowest BCUT2D eigenvalue weighted by molar-refractivity contribution is 0.257. The summed E-state index contributed by atoms with van der Waals surface area (Å²) < 4.78 is 11.2. The van der Waals surface area contributed by atoms with E-state index in [0.29, 0.717) is 19.1 Å². The quantitative estimate of drug-likeness (QED) is 0.875. The van der Waals surface area contributed by atoms with Gasteiger partial charge in [-0.05, 0) is 30.2 Å².